The zero-order valence-corrected chi connectivity index (χ0v) is 20.7. The summed E-state index contributed by atoms with van der Waals surface area (Å²) in [5.41, 5.74) is -0.538. The Morgan fingerprint density at radius 3 is 1.93 bits per heavy atom. The summed E-state index contributed by atoms with van der Waals surface area (Å²) in [6.45, 7) is 8.64. The number of ether oxygens (including phenoxy) is 1. The number of carbonyl (C=O) groups is 1. The first-order valence-electron chi connectivity index (χ1n) is 12.1. The van der Waals surface area contributed by atoms with E-state index in [1.807, 2.05) is 20.8 Å². The number of likely N-dealkylation sites (tertiary alicyclic amines) is 1. The Bertz CT molecular complexity index is 572. The average Bonchev–Trinajstić information content (AvgIpc) is 3.09. The van der Waals surface area contributed by atoms with E-state index in [9.17, 15) is 13.2 Å². The van der Waals surface area contributed by atoms with E-state index in [-0.39, 0.29) is 17.9 Å². The molecule has 1 rings (SSSR count). The second-order valence-electron chi connectivity index (χ2n) is 9.74. The molecule has 1 N–H and O–H groups in total. The molecule has 1 fully saturated rings. The van der Waals surface area contributed by atoms with Crippen LogP contribution in [0.1, 0.15) is 111 Å². The maximum atomic E-state index is 12.3. The number of hydrogen-bond acceptors (Lipinski definition) is 4. The quantitative estimate of drug-likeness (QED) is 0.331. The first-order chi connectivity index (χ1) is 14.1. The third kappa shape index (κ3) is 13.5. The summed E-state index contributed by atoms with van der Waals surface area (Å²) in [6.07, 6.45) is 14.9. The van der Waals surface area contributed by atoms with Crippen LogP contribution in [-0.2, 0) is 14.8 Å². The molecular formula is C23H46N2O4S. The monoisotopic (exact) mass is 446 g/mol. The Morgan fingerprint density at radius 1 is 0.933 bits per heavy atom. The van der Waals surface area contributed by atoms with Crippen LogP contribution in [0.5, 0.6) is 0 Å². The second kappa shape index (κ2) is 14.3. The molecule has 1 aliphatic rings. The van der Waals surface area contributed by atoms with Gasteiger partial charge in [-0.2, -0.15) is 0 Å². The molecule has 0 unspecified atom stereocenters. The highest BCUT2D eigenvalue weighted by atomic mass is 32.2. The van der Waals surface area contributed by atoms with Gasteiger partial charge < -0.3 is 9.64 Å². The van der Waals surface area contributed by atoms with Crippen molar-refractivity contribution in [3.05, 3.63) is 0 Å². The third-order valence-corrected chi connectivity index (χ3v) is 6.97. The van der Waals surface area contributed by atoms with Crippen LogP contribution in [0.2, 0.25) is 0 Å². The van der Waals surface area contributed by atoms with Gasteiger partial charge in [0.25, 0.3) is 0 Å². The van der Waals surface area contributed by atoms with Crippen molar-refractivity contribution in [1.82, 2.24) is 9.62 Å². The number of unbranched alkanes of at least 4 members (excludes halogenated alkanes) is 11. The van der Waals surface area contributed by atoms with Crippen LogP contribution in [0.3, 0.4) is 0 Å². The molecule has 30 heavy (non-hydrogen) atoms. The van der Waals surface area contributed by atoms with Crippen molar-refractivity contribution in [2.45, 2.75) is 123 Å². The summed E-state index contributed by atoms with van der Waals surface area (Å²) in [4.78, 5) is 13.7. The van der Waals surface area contributed by atoms with Crippen molar-refractivity contribution in [3.8, 4) is 0 Å². The zero-order chi connectivity index (χ0) is 22.5. The SMILES string of the molecule is CCCCCCCCCCCCCCS(=O)(=O)N[C@@H]1CCN(C(=O)OC(C)(C)C)C1. The lowest BCUT2D eigenvalue weighted by Crippen LogP contribution is -2.40. The van der Waals surface area contributed by atoms with Crippen LogP contribution in [0.4, 0.5) is 4.79 Å². The van der Waals surface area contributed by atoms with E-state index >= 15 is 0 Å². The number of rotatable bonds is 15. The molecule has 0 aromatic rings. The number of sulfonamides is 1. The fourth-order valence-electron chi connectivity index (χ4n) is 3.79. The molecule has 178 valence electrons. The maximum absolute atomic E-state index is 12.3. The largest absolute Gasteiger partial charge is 0.444 e. The predicted octanol–water partition coefficient (Wildman–Crippen LogP) is 5.62. The van der Waals surface area contributed by atoms with Crippen molar-refractivity contribution >= 4 is 16.1 Å². The average molecular weight is 447 g/mol. The van der Waals surface area contributed by atoms with E-state index < -0.39 is 15.6 Å². The first-order valence-corrected chi connectivity index (χ1v) is 13.8. The van der Waals surface area contributed by atoms with Gasteiger partial charge in [0.05, 0.1) is 5.75 Å². The number of carbonyl (C=O) groups excluding carboxylic acids is 1. The lowest BCUT2D eigenvalue weighted by atomic mass is 10.1. The lowest BCUT2D eigenvalue weighted by Gasteiger charge is -2.24. The lowest BCUT2D eigenvalue weighted by molar-refractivity contribution is 0.0292. The van der Waals surface area contributed by atoms with Crippen LogP contribution in [0.25, 0.3) is 0 Å². The standard InChI is InChI=1S/C23H46N2O4S/c1-5-6-7-8-9-10-11-12-13-14-15-16-19-30(27,28)24-21-17-18-25(20-21)22(26)29-23(2,3)4/h21,24H,5-20H2,1-4H3/t21-/m1/s1. The van der Waals surface area contributed by atoms with Crippen LogP contribution >= 0.6 is 0 Å². The van der Waals surface area contributed by atoms with Gasteiger partial charge in [-0.05, 0) is 33.6 Å². The van der Waals surface area contributed by atoms with Crippen LogP contribution in [0.15, 0.2) is 0 Å². The van der Waals surface area contributed by atoms with Crippen molar-refractivity contribution in [3.63, 3.8) is 0 Å². The summed E-state index contributed by atoms with van der Waals surface area (Å²) in [5, 5.41) is 0. The van der Waals surface area contributed by atoms with Crippen LogP contribution < -0.4 is 4.72 Å². The highest BCUT2D eigenvalue weighted by Gasteiger charge is 2.31. The van der Waals surface area contributed by atoms with Gasteiger partial charge in [-0.1, -0.05) is 77.6 Å². The van der Waals surface area contributed by atoms with Gasteiger partial charge in [0, 0.05) is 19.1 Å². The first kappa shape index (κ1) is 27.2. The second-order valence-corrected chi connectivity index (χ2v) is 11.6. The summed E-state index contributed by atoms with van der Waals surface area (Å²) in [7, 11) is -3.29. The summed E-state index contributed by atoms with van der Waals surface area (Å²) in [6, 6.07) is -0.208. The van der Waals surface area contributed by atoms with Gasteiger partial charge in [0.2, 0.25) is 10.0 Å². The van der Waals surface area contributed by atoms with Crippen LogP contribution in [0, 0.1) is 0 Å². The Labute approximate surface area is 185 Å². The topological polar surface area (TPSA) is 75.7 Å². The molecule has 1 heterocycles. The number of hydrogen-bond donors (Lipinski definition) is 1. The highest BCUT2D eigenvalue weighted by Crippen LogP contribution is 2.16. The minimum atomic E-state index is -3.29. The van der Waals surface area contributed by atoms with Crippen molar-refractivity contribution in [2.24, 2.45) is 0 Å². The zero-order valence-electron chi connectivity index (χ0n) is 19.9. The fraction of sp³-hybridized carbons (Fsp3) is 0.957. The number of nitrogens with zero attached hydrogens (tertiary/aromatic N) is 1. The molecule has 1 amide bonds. The Morgan fingerprint density at radius 2 is 1.43 bits per heavy atom. The molecule has 0 saturated carbocycles. The molecule has 1 atom stereocenters. The van der Waals surface area contributed by atoms with Crippen LogP contribution in [-0.4, -0.2) is 49.9 Å². The van der Waals surface area contributed by atoms with Gasteiger partial charge in [-0.3, -0.25) is 0 Å². The Hall–Kier alpha value is -0.820. The predicted molar refractivity (Wildman–Crippen MR) is 124 cm³/mol. The van der Waals surface area contributed by atoms with E-state index in [2.05, 4.69) is 11.6 Å². The molecule has 0 spiro atoms. The summed E-state index contributed by atoms with van der Waals surface area (Å²) in [5.74, 6) is 0.174. The molecule has 0 aromatic heterocycles. The molecule has 0 radical (unpaired) electrons. The van der Waals surface area contributed by atoms with Gasteiger partial charge in [-0.25, -0.2) is 17.9 Å². The molecule has 0 aromatic carbocycles. The third-order valence-electron chi connectivity index (χ3n) is 5.45. The van der Waals surface area contributed by atoms with E-state index in [0.29, 0.717) is 25.9 Å². The molecule has 1 saturated heterocycles. The van der Waals surface area contributed by atoms with Crippen molar-refractivity contribution in [1.29, 1.82) is 0 Å². The van der Waals surface area contributed by atoms with Crippen molar-refractivity contribution < 1.29 is 17.9 Å². The van der Waals surface area contributed by atoms with Gasteiger partial charge in [0.15, 0.2) is 0 Å². The Kier molecular flexibility index (Phi) is 13.0. The molecule has 7 heteroatoms. The van der Waals surface area contributed by atoms with Gasteiger partial charge >= 0.3 is 6.09 Å². The fourth-order valence-corrected chi connectivity index (χ4v) is 5.20. The van der Waals surface area contributed by atoms with E-state index in [4.69, 9.17) is 4.74 Å². The molecule has 6 nitrogen and oxygen atoms in total. The summed E-state index contributed by atoms with van der Waals surface area (Å²) < 4.78 is 32.8. The normalized spacial score (nSPS) is 17.5. The molecular weight excluding hydrogens is 400 g/mol. The smallest absolute Gasteiger partial charge is 0.410 e. The minimum absolute atomic E-state index is 0.174. The summed E-state index contributed by atoms with van der Waals surface area (Å²) >= 11 is 0. The maximum Gasteiger partial charge on any atom is 0.410 e. The van der Waals surface area contributed by atoms with Crippen molar-refractivity contribution in [2.75, 3.05) is 18.8 Å². The highest BCUT2D eigenvalue weighted by molar-refractivity contribution is 7.89. The molecule has 0 bridgehead atoms. The van der Waals surface area contributed by atoms with E-state index in [0.717, 1.165) is 12.8 Å². The number of nitrogens with one attached hydrogen (secondary N) is 1. The van der Waals surface area contributed by atoms with E-state index in [1.54, 1.807) is 4.90 Å². The minimum Gasteiger partial charge on any atom is -0.444 e. The van der Waals surface area contributed by atoms with Gasteiger partial charge in [-0.15, -0.1) is 0 Å². The van der Waals surface area contributed by atoms with E-state index in [1.165, 1.54) is 57.8 Å². The van der Waals surface area contributed by atoms with Gasteiger partial charge in [0.1, 0.15) is 5.60 Å². The Balaban J connectivity index is 2.07. The molecule has 1 aliphatic heterocycles. The molecule has 0 aliphatic carbocycles. The number of amides is 1.